The quantitative estimate of drug-likeness (QED) is 0.594. The molecule has 0 radical (unpaired) electrons. The van der Waals surface area contributed by atoms with E-state index in [1.54, 1.807) is 17.0 Å². The van der Waals surface area contributed by atoms with Crippen LogP contribution >= 0.6 is 15.9 Å². The monoisotopic (exact) mass is 474 g/mol. The number of halogens is 1. The molecule has 0 spiro atoms. The van der Waals surface area contributed by atoms with E-state index in [-0.39, 0.29) is 24.0 Å². The van der Waals surface area contributed by atoms with Crippen LogP contribution in [0, 0.1) is 6.92 Å². The number of aryl methyl sites for hydroxylation is 1. The fourth-order valence-corrected chi connectivity index (χ4v) is 3.29. The van der Waals surface area contributed by atoms with E-state index in [4.69, 9.17) is 4.74 Å². The lowest BCUT2D eigenvalue weighted by Crippen LogP contribution is -2.54. The number of amides is 2. The van der Waals surface area contributed by atoms with E-state index in [1.165, 1.54) is 0 Å². The third kappa shape index (κ3) is 7.48. The second-order valence-corrected chi connectivity index (χ2v) is 9.33. The van der Waals surface area contributed by atoms with Crippen LogP contribution in [0.1, 0.15) is 45.2 Å². The van der Waals surface area contributed by atoms with Crippen molar-refractivity contribution in [2.75, 3.05) is 6.61 Å². The number of carbonyl (C=O) groups excluding carboxylic acids is 2. The number of nitrogens with zero attached hydrogens (tertiary/aromatic N) is 1. The standard InChI is InChI=1S/C24H31BrN2O3/c1-6-21(23(29)26-24(3,4)5)27(15-18-9-7-17(2)8-10-18)22(28)16-30-20-13-11-19(25)12-14-20/h7-14,21H,6,15-16H2,1-5H3,(H,26,29)/t21-/m1/s1. The molecule has 0 fully saturated rings. The van der Waals surface area contributed by atoms with Crippen LogP contribution in [0.4, 0.5) is 0 Å². The van der Waals surface area contributed by atoms with Crippen molar-refractivity contribution in [2.45, 2.75) is 59.2 Å². The topological polar surface area (TPSA) is 58.6 Å². The highest BCUT2D eigenvalue weighted by atomic mass is 79.9. The van der Waals surface area contributed by atoms with E-state index in [9.17, 15) is 9.59 Å². The molecule has 0 saturated heterocycles. The molecule has 162 valence electrons. The van der Waals surface area contributed by atoms with Gasteiger partial charge in [0.2, 0.25) is 5.91 Å². The molecule has 0 bridgehead atoms. The van der Waals surface area contributed by atoms with Gasteiger partial charge in [0.05, 0.1) is 0 Å². The first-order valence-electron chi connectivity index (χ1n) is 10.1. The average molecular weight is 475 g/mol. The van der Waals surface area contributed by atoms with Crippen molar-refractivity contribution in [1.29, 1.82) is 0 Å². The number of rotatable bonds is 8. The summed E-state index contributed by atoms with van der Waals surface area (Å²) in [6.45, 7) is 9.94. The number of nitrogens with one attached hydrogen (secondary N) is 1. The summed E-state index contributed by atoms with van der Waals surface area (Å²) >= 11 is 3.38. The van der Waals surface area contributed by atoms with Gasteiger partial charge < -0.3 is 15.0 Å². The van der Waals surface area contributed by atoms with Crippen molar-refractivity contribution in [2.24, 2.45) is 0 Å². The summed E-state index contributed by atoms with van der Waals surface area (Å²) in [5.74, 6) is 0.220. The zero-order valence-electron chi connectivity index (χ0n) is 18.4. The number of hydrogen-bond acceptors (Lipinski definition) is 3. The maximum atomic E-state index is 13.1. The Kier molecular flexibility index (Phi) is 8.47. The molecule has 0 heterocycles. The first kappa shape index (κ1) is 23.9. The predicted octanol–water partition coefficient (Wildman–Crippen LogP) is 4.86. The highest BCUT2D eigenvalue weighted by Crippen LogP contribution is 2.18. The van der Waals surface area contributed by atoms with Crippen LogP contribution in [0.5, 0.6) is 5.75 Å². The molecule has 2 rings (SSSR count). The molecule has 0 aliphatic rings. The molecule has 1 N–H and O–H groups in total. The lowest BCUT2D eigenvalue weighted by Gasteiger charge is -2.33. The summed E-state index contributed by atoms with van der Waals surface area (Å²) < 4.78 is 6.63. The minimum absolute atomic E-state index is 0.132. The van der Waals surface area contributed by atoms with Gasteiger partial charge in [-0.3, -0.25) is 9.59 Å². The molecular weight excluding hydrogens is 444 g/mol. The Bertz CT molecular complexity index is 842. The summed E-state index contributed by atoms with van der Waals surface area (Å²) in [5.41, 5.74) is 1.74. The normalized spacial score (nSPS) is 12.2. The molecule has 0 aromatic heterocycles. The van der Waals surface area contributed by atoms with Crippen LogP contribution in [0.2, 0.25) is 0 Å². The molecule has 6 heteroatoms. The number of benzene rings is 2. The average Bonchev–Trinajstić information content (AvgIpc) is 2.67. The van der Waals surface area contributed by atoms with Crippen LogP contribution in [0.3, 0.4) is 0 Å². The summed E-state index contributed by atoms with van der Waals surface area (Å²) in [5, 5.41) is 3.00. The van der Waals surface area contributed by atoms with Crippen LogP contribution in [0.15, 0.2) is 53.0 Å². The van der Waals surface area contributed by atoms with Crippen LogP contribution in [-0.2, 0) is 16.1 Å². The highest BCUT2D eigenvalue weighted by Gasteiger charge is 2.30. The van der Waals surface area contributed by atoms with Crippen LogP contribution in [0.25, 0.3) is 0 Å². The maximum absolute atomic E-state index is 13.1. The Hall–Kier alpha value is -2.34. The largest absolute Gasteiger partial charge is 0.484 e. The summed E-state index contributed by atoms with van der Waals surface area (Å²) in [6.07, 6.45) is 0.512. The van der Waals surface area contributed by atoms with Gasteiger partial charge in [0.25, 0.3) is 5.91 Å². The van der Waals surface area contributed by atoms with Gasteiger partial charge in [0.1, 0.15) is 11.8 Å². The Morgan fingerprint density at radius 1 is 1.07 bits per heavy atom. The lowest BCUT2D eigenvalue weighted by molar-refractivity contribution is -0.143. The molecule has 30 heavy (non-hydrogen) atoms. The highest BCUT2D eigenvalue weighted by molar-refractivity contribution is 9.10. The molecule has 2 aromatic rings. The maximum Gasteiger partial charge on any atom is 0.261 e. The van der Waals surface area contributed by atoms with Gasteiger partial charge in [0, 0.05) is 16.6 Å². The summed E-state index contributed by atoms with van der Waals surface area (Å²) in [4.78, 5) is 27.7. The van der Waals surface area contributed by atoms with Gasteiger partial charge in [-0.15, -0.1) is 0 Å². The van der Waals surface area contributed by atoms with Crippen molar-refractivity contribution in [1.82, 2.24) is 10.2 Å². The molecule has 0 aliphatic carbocycles. The van der Waals surface area contributed by atoms with Gasteiger partial charge in [-0.1, -0.05) is 52.7 Å². The first-order valence-corrected chi connectivity index (χ1v) is 10.9. The Morgan fingerprint density at radius 3 is 2.20 bits per heavy atom. The third-order valence-corrected chi connectivity index (χ3v) is 5.06. The van der Waals surface area contributed by atoms with E-state index in [2.05, 4.69) is 21.2 Å². The van der Waals surface area contributed by atoms with E-state index in [0.29, 0.717) is 18.7 Å². The van der Waals surface area contributed by atoms with Gasteiger partial charge in [-0.25, -0.2) is 0 Å². The van der Waals surface area contributed by atoms with E-state index in [0.717, 1.165) is 15.6 Å². The smallest absolute Gasteiger partial charge is 0.261 e. The summed E-state index contributed by atoms with van der Waals surface area (Å²) in [6, 6.07) is 14.7. The molecule has 1 atom stereocenters. The second kappa shape index (κ2) is 10.6. The Labute approximate surface area is 187 Å². The van der Waals surface area contributed by atoms with Crippen LogP contribution in [-0.4, -0.2) is 34.9 Å². The zero-order valence-corrected chi connectivity index (χ0v) is 20.0. The number of hydrogen-bond donors (Lipinski definition) is 1. The third-order valence-electron chi connectivity index (χ3n) is 4.53. The van der Waals surface area contributed by atoms with E-state index >= 15 is 0 Å². The van der Waals surface area contributed by atoms with Gasteiger partial charge in [-0.05, 0) is 63.9 Å². The van der Waals surface area contributed by atoms with Gasteiger partial charge >= 0.3 is 0 Å². The van der Waals surface area contributed by atoms with Crippen molar-refractivity contribution in [3.8, 4) is 5.75 Å². The van der Waals surface area contributed by atoms with Crippen molar-refractivity contribution >= 4 is 27.7 Å². The van der Waals surface area contributed by atoms with Crippen LogP contribution < -0.4 is 10.1 Å². The molecule has 0 aliphatic heterocycles. The Balaban J connectivity index is 2.21. The van der Waals surface area contributed by atoms with Gasteiger partial charge in [-0.2, -0.15) is 0 Å². The summed E-state index contributed by atoms with van der Waals surface area (Å²) in [7, 11) is 0. The minimum atomic E-state index is -0.577. The van der Waals surface area contributed by atoms with Crippen molar-refractivity contribution in [3.05, 3.63) is 64.1 Å². The zero-order chi connectivity index (χ0) is 22.3. The van der Waals surface area contributed by atoms with Crippen molar-refractivity contribution < 1.29 is 14.3 Å². The van der Waals surface area contributed by atoms with Crippen molar-refractivity contribution in [3.63, 3.8) is 0 Å². The molecule has 0 saturated carbocycles. The number of ether oxygens (including phenoxy) is 1. The lowest BCUT2D eigenvalue weighted by atomic mass is 10.1. The SMILES string of the molecule is CC[C@H](C(=O)NC(C)(C)C)N(Cc1ccc(C)cc1)C(=O)COc1ccc(Br)cc1. The minimum Gasteiger partial charge on any atom is -0.484 e. The first-order chi connectivity index (χ1) is 14.1. The van der Waals surface area contributed by atoms with E-state index < -0.39 is 6.04 Å². The van der Waals surface area contributed by atoms with Gasteiger partial charge in [0.15, 0.2) is 6.61 Å². The molecule has 2 amide bonds. The fraction of sp³-hybridized carbons (Fsp3) is 0.417. The second-order valence-electron chi connectivity index (χ2n) is 8.41. The predicted molar refractivity (Wildman–Crippen MR) is 123 cm³/mol. The fourth-order valence-electron chi connectivity index (χ4n) is 3.02. The Morgan fingerprint density at radius 2 is 1.67 bits per heavy atom. The molecular formula is C24H31BrN2O3. The number of carbonyl (C=O) groups is 2. The van der Waals surface area contributed by atoms with E-state index in [1.807, 2.05) is 71.0 Å². The molecule has 2 aromatic carbocycles. The molecule has 5 nitrogen and oxygen atoms in total. The molecule has 0 unspecified atom stereocenters.